The summed E-state index contributed by atoms with van der Waals surface area (Å²) in [6.07, 6.45) is 0.443. The van der Waals surface area contributed by atoms with Gasteiger partial charge in [-0.3, -0.25) is 9.36 Å². The topological polar surface area (TPSA) is 84.8 Å². The third kappa shape index (κ3) is 2.45. The van der Waals surface area contributed by atoms with E-state index >= 15 is 0 Å². The Morgan fingerprint density at radius 2 is 2.00 bits per heavy atom. The number of fused-ring (bicyclic) bond motifs is 1. The van der Waals surface area contributed by atoms with Crippen LogP contribution in [0.3, 0.4) is 0 Å². The van der Waals surface area contributed by atoms with Gasteiger partial charge in [-0.25, -0.2) is 13.4 Å². The molecule has 6 nitrogen and oxygen atoms in total. The van der Waals surface area contributed by atoms with Crippen molar-refractivity contribution >= 4 is 20.9 Å². The van der Waals surface area contributed by atoms with E-state index < -0.39 is 9.84 Å². The van der Waals surface area contributed by atoms with E-state index in [1.807, 2.05) is 37.3 Å². The van der Waals surface area contributed by atoms with Crippen molar-refractivity contribution in [3.8, 4) is 11.4 Å². The predicted molar refractivity (Wildman–Crippen MR) is 92.8 cm³/mol. The number of hydrogen-bond acceptors (Lipinski definition) is 4. The summed E-state index contributed by atoms with van der Waals surface area (Å²) in [7, 11) is -3.10. The minimum absolute atomic E-state index is 0.0106. The Bertz CT molecular complexity index is 1080. The molecule has 4 rings (SSSR count). The minimum atomic E-state index is -3.10. The molecule has 3 aromatic rings. The second-order valence-electron chi connectivity index (χ2n) is 6.25. The number of aryl methyl sites for hydroxylation is 1. The van der Waals surface area contributed by atoms with E-state index in [9.17, 15) is 13.2 Å². The molecule has 0 amide bonds. The van der Waals surface area contributed by atoms with Gasteiger partial charge in [0.15, 0.2) is 9.84 Å². The quantitative estimate of drug-likeness (QED) is 0.772. The van der Waals surface area contributed by atoms with Gasteiger partial charge < -0.3 is 4.98 Å². The van der Waals surface area contributed by atoms with E-state index in [1.165, 1.54) is 0 Å². The zero-order valence-electron chi connectivity index (χ0n) is 13.2. The second kappa shape index (κ2) is 5.31. The highest BCUT2D eigenvalue weighted by Crippen LogP contribution is 2.28. The van der Waals surface area contributed by atoms with Crippen molar-refractivity contribution in [2.24, 2.45) is 0 Å². The summed E-state index contributed by atoms with van der Waals surface area (Å²) in [6, 6.07) is 10.8. The summed E-state index contributed by atoms with van der Waals surface area (Å²) in [6.45, 7) is 1.87. The second-order valence-corrected chi connectivity index (χ2v) is 8.48. The molecule has 0 aliphatic carbocycles. The molecule has 3 heterocycles. The van der Waals surface area contributed by atoms with Gasteiger partial charge in [-0.15, -0.1) is 0 Å². The van der Waals surface area contributed by atoms with Crippen molar-refractivity contribution in [3.63, 3.8) is 0 Å². The Balaban J connectivity index is 2.02. The number of sulfone groups is 1. The van der Waals surface area contributed by atoms with Gasteiger partial charge in [-0.05, 0) is 19.4 Å². The molecule has 0 saturated carbocycles. The maximum Gasteiger partial charge on any atom is 0.263 e. The average Bonchev–Trinajstić information content (AvgIpc) is 3.10. The average molecular weight is 343 g/mol. The Morgan fingerprint density at radius 1 is 1.25 bits per heavy atom. The van der Waals surface area contributed by atoms with Gasteiger partial charge in [0.1, 0.15) is 11.5 Å². The SMILES string of the molecule is Cc1cc2c(=O)n(C3CCS(=O)(=O)C3)c(-c3ccccc3)nc2[nH]1. The summed E-state index contributed by atoms with van der Waals surface area (Å²) >= 11 is 0. The normalized spacial score (nSPS) is 19.8. The molecule has 1 aliphatic rings. The van der Waals surface area contributed by atoms with Crippen LogP contribution in [-0.4, -0.2) is 34.5 Å². The zero-order chi connectivity index (χ0) is 16.9. The van der Waals surface area contributed by atoms with Gasteiger partial charge in [0.25, 0.3) is 5.56 Å². The van der Waals surface area contributed by atoms with Crippen LogP contribution in [0.25, 0.3) is 22.4 Å². The number of benzene rings is 1. The third-order valence-corrected chi connectivity index (χ3v) is 6.18. The molecule has 0 bridgehead atoms. The Morgan fingerprint density at radius 3 is 2.67 bits per heavy atom. The van der Waals surface area contributed by atoms with E-state index in [2.05, 4.69) is 9.97 Å². The molecule has 0 radical (unpaired) electrons. The molecule has 1 unspecified atom stereocenters. The molecular formula is C17H17N3O3S. The van der Waals surface area contributed by atoms with E-state index in [0.717, 1.165) is 11.3 Å². The van der Waals surface area contributed by atoms with Gasteiger partial charge in [-0.1, -0.05) is 30.3 Å². The monoisotopic (exact) mass is 343 g/mol. The summed E-state index contributed by atoms with van der Waals surface area (Å²) in [5.41, 5.74) is 2.00. The van der Waals surface area contributed by atoms with E-state index in [0.29, 0.717) is 23.3 Å². The standard InChI is InChI=1S/C17H17N3O3S/c1-11-9-14-15(18-11)19-16(12-5-3-2-4-6-12)20(17(14)21)13-7-8-24(22,23)10-13/h2-6,9,13,18H,7-8,10H2,1H3. The van der Waals surface area contributed by atoms with Gasteiger partial charge in [0.2, 0.25) is 0 Å². The summed E-state index contributed by atoms with van der Waals surface area (Å²) in [5.74, 6) is 0.614. The van der Waals surface area contributed by atoms with E-state index in [-0.39, 0.29) is 23.1 Å². The van der Waals surface area contributed by atoms with Crippen molar-refractivity contribution in [3.05, 3.63) is 52.4 Å². The number of nitrogens with zero attached hydrogens (tertiary/aromatic N) is 2. The van der Waals surface area contributed by atoms with Crippen LogP contribution in [-0.2, 0) is 9.84 Å². The number of hydrogen-bond donors (Lipinski definition) is 1. The first-order chi connectivity index (χ1) is 11.4. The number of rotatable bonds is 2. The number of aromatic nitrogens is 3. The lowest BCUT2D eigenvalue weighted by Gasteiger charge is -2.17. The fourth-order valence-electron chi connectivity index (χ4n) is 3.32. The van der Waals surface area contributed by atoms with Crippen molar-refractivity contribution in [1.29, 1.82) is 0 Å². The van der Waals surface area contributed by atoms with Crippen molar-refractivity contribution < 1.29 is 8.42 Å². The molecule has 1 saturated heterocycles. The highest BCUT2D eigenvalue weighted by molar-refractivity contribution is 7.91. The van der Waals surface area contributed by atoms with Crippen LogP contribution < -0.4 is 5.56 Å². The fourth-order valence-corrected chi connectivity index (χ4v) is 5.02. The maximum absolute atomic E-state index is 13.0. The lowest BCUT2D eigenvalue weighted by atomic mass is 10.1. The lowest BCUT2D eigenvalue weighted by Crippen LogP contribution is -2.28. The highest BCUT2D eigenvalue weighted by Gasteiger charge is 2.32. The van der Waals surface area contributed by atoms with Crippen LogP contribution in [0.2, 0.25) is 0 Å². The van der Waals surface area contributed by atoms with Crippen molar-refractivity contribution in [1.82, 2.24) is 14.5 Å². The Hall–Kier alpha value is -2.41. The molecule has 2 aromatic heterocycles. The highest BCUT2D eigenvalue weighted by atomic mass is 32.2. The van der Waals surface area contributed by atoms with E-state index in [1.54, 1.807) is 10.6 Å². The first-order valence-corrected chi connectivity index (χ1v) is 9.64. The van der Waals surface area contributed by atoms with Crippen molar-refractivity contribution in [2.45, 2.75) is 19.4 Å². The van der Waals surface area contributed by atoms with Gasteiger partial charge in [0.05, 0.1) is 22.9 Å². The van der Waals surface area contributed by atoms with Crippen molar-refractivity contribution in [2.75, 3.05) is 11.5 Å². The Kier molecular flexibility index (Phi) is 3.35. The first kappa shape index (κ1) is 15.1. The number of H-pyrrole nitrogens is 1. The minimum Gasteiger partial charge on any atom is -0.343 e. The summed E-state index contributed by atoms with van der Waals surface area (Å²) < 4.78 is 25.4. The molecule has 24 heavy (non-hydrogen) atoms. The van der Waals surface area contributed by atoms with Crippen LogP contribution >= 0.6 is 0 Å². The van der Waals surface area contributed by atoms with Crippen LogP contribution in [0.15, 0.2) is 41.2 Å². The van der Waals surface area contributed by atoms with E-state index in [4.69, 9.17) is 0 Å². The summed E-state index contributed by atoms with van der Waals surface area (Å²) in [4.78, 5) is 20.8. The molecule has 1 aromatic carbocycles. The van der Waals surface area contributed by atoms with Crippen LogP contribution in [0, 0.1) is 6.92 Å². The van der Waals surface area contributed by atoms with Crippen LogP contribution in [0.1, 0.15) is 18.2 Å². The molecule has 0 spiro atoms. The van der Waals surface area contributed by atoms with Gasteiger partial charge in [-0.2, -0.15) is 0 Å². The maximum atomic E-state index is 13.0. The molecule has 1 N–H and O–H groups in total. The van der Waals surface area contributed by atoms with Gasteiger partial charge >= 0.3 is 0 Å². The van der Waals surface area contributed by atoms with Gasteiger partial charge in [0, 0.05) is 11.3 Å². The molecule has 124 valence electrons. The molecule has 1 fully saturated rings. The number of nitrogens with one attached hydrogen (secondary N) is 1. The molecule has 7 heteroatoms. The molecular weight excluding hydrogens is 326 g/mol. The first-order valence-electron chi connectivity index (χ1n) is 7.82. The van der Waals surface area contributed by atoms with Crippen LogP contribution in [0.4, 0.5) is 0 Å². The number of aromatic amines is 1. The largest absolute Gasteiger partial charge is 0.343 e. The lowest BCUT2D eigenvalue weighted by molar-refractivity contribution is 0.541. The molecule has 1 aliphatic heterocycles. The van der Waals surface area contributed by atoms with Crippen LogP contribution in [0.5, 0.6) is 0 Å². The zero-order valence-corrected chi connectivity index (χ0v) is 14.0. The third-order valence-electron chi connectivity index (χ3n) is 4.43. The Labute approximate surface area is 139 Å². The predicted octanol–water partition coefficient (Wildman–Crippen LogP) is 2.06. The fraction of sp³-hybridized carbons (Fsp3) is 0.294. The molecule has 1 atom stereocenters. The smallest absolute Gasteiger partial charge is 0.263 e. The summed E-state index contributed by atoms with van der Waals surface area (Å²) in [5, 5.41) is 0.497.